The van der Waals surface area contributed by atoms with E-state index in [9.17, 15) is 18.0 Å². The largest absolute Gasteiger partial charge is 0.423 e. The van der Waals surface area contributed by atoms with E-state index in [2.05, 4.69) is 0 Å². The van der Waals surface area contributed by atoms with Crippen LogP contribution in [0.3, 0.4) is 0 Å². The zero-order valence-electron chi connectivity index (χ0n) is 17.3. The molecule has 0 spiro atoms. The van der Waals surface area contributed by atoms with E-state index in [-0.39, 0.29) is 21.3 Å². The van der Waals surface area contributed by atoms with Gasteiger partial charge in [-0.1, -0.05) is 36.4 Å². The lowest BCUT2D eigenvalue weighted by molar-refractivity contribution is 0.0725. The van der Waals surface area contributed by atoms with Crippen molar-refractivity contribution in [3.05, 3.63) is 120 Å². The summed E-state index contributed by atoms with van der Waals surface area (Å²) in [4.78, 5) is 24.4. The summed E-state index contributed by atoms with van der Waals surface area (Å²) in [6.45, 7) is 0. The SMILES string of the molecule is O=C(Oc1ccc(S(=O)(=O)c2ccc(OC(=O)c3ccccc3)cc2)cc1)c1ccccc1. The number of hydrogen-bond acceptors (Lipinski definition) is 6. The summed E-state index contributed by atoms with van der Waals surface area (Å²) in [6.07, 6.45) is 0. The lowest BCUT2D eigenvalue weighted by atomic mass is 10.2. The van der Waals surface area contributed by atoms with Crippen molar-refractivity contribution in [2.75, 3.05) is 0 Å². The molecule has 0 N–H and O–H groups in total. The maximum atomic E-state index is 12.9. The molecule has 0 saturated carbocycles. The van der Waals surface area contributed by atoms with Crippen molar-refractivity contribution >= 4 is 21.8 Å². The molecule has 0 heterocycles. The Labute approximate surface area is 191 Å². The van der Waals surface area contributed by atoms with Gasteiger partial charge in [0.05, 0.1) is 20.9 Å². The van der Waals surface area contributed by atoms with Crippen molar-refractivity contribution in [2.24, 2.45) is 0 Å². The van der Waals surface area contributed by atoms with E-state index in [4.69, 9.17) is 9.47 Å². The number of hydrogen-bond donors (Lipinski definition) is 0. The minimum Gasteiger partial charge on any atom is -0.423 e. The Bertz CT molecular complexity index is 1260. The van der Waals surface area contributed by atoms with Crippen LogP contribution in [0.2, 0.25) is 0 Å². The topological polar surface area (TPSA) is 86.7 Å². The Morgan fingerprint density at radius 2 is 0.818 bits per heavy atom. The van der Waals surface area contributed by atoms with Crippen molar-refractivity contribution in [1.29, 1.82) is 0 Å². The molecule has 4 aromatic carbocycles. The minimum absolute atomic E-state index is 0.0380. The Morgan fingerprint density at radius 1 is 0.485 bits per heavy atom. The van der Waals surface area contributed by atoms with Gasteiger partial charge in [-0.15, -0.1) is 0 Å². The average Bonchev–Trinajstić information content (AvgIpc) is 2.86. The molecule has 0 aliphatic heterocycles. The van der Waals surface area contributed by atoms with Crippen molar-refractivity contribution in [2.45, 2.75) is 9.79 Å². The van der Waals surface area contributed by atoms with E-state index in [1.807, 2.05) is 0 Å². The summed E-state index contributed by atoms with van der Waals surface area (Å²) in [5.74, 6) is -0.615. The number of benzene rings is 4. The van der Waals surface area contributed by atoms with Crippen molar-refractivity contribution in [3.63, 3.8) is 0 Å². The highest BCUT2D eigenvalue weighted by Gasteiger charge is 2.19. The van der Waals surface area contributed by atoms with E-state index in [1.54, 1.807) is 60.7 Å². The smallest absolute Gasteiger partial charge is 0.343 e. The molecule has 0 radical (unpaired) electrons. The quantitative estimate of drug-likeness (QED) is 0.300. The molecule has 7 heteroatoms. The van der Waals surface area contributed by atoms with Gasteiger partial charge < -0.3 is 9.47 Å². The predicted molar refractivity (Wildman–Crippen MR) is 121 cm³/mol. The second kappa shape index (κ2) is 9.50. The number of sulfone groups is 1. The second-order valence-corrected chi connectivity index (χ2v) is 8.91. The summed E-state index contributed by atoms with van der Waals surface area (Å²) in [6, 6.07) is 28.1. The van der Waals surface area contributed by atoms with Gasteiger partial charge in [0.2, 0.25) is 9.84 Å². The number of esters is 2. The van der Waals surface area contributed by atoms with Crippen LogP contribution >= 0.6 is 0 Å². The molecule has 4 aromatic rings. The summed E-state index contributed by atoms with van der Waals surface area (Å²) in [5.41, 5.74) is 0.782. The lowest BCUT2D eigenvalue weighted by Crippen LogP contribution is -2.09. The number of carbonyl (C=O) groups is 2. The molecule has 164 valence electrons. The molecule has 0 atom stereocenters. The van der Waals surface area contributed by atoms with Gasteiger partial charge in [0.15, 0.2) is 0 Å². The Kier molecular flexibility index (Phi) is 6.33. The zero-order chi connectivity index (χ0) is 23.3. The van der Waals surface area contributed by atoms with Gasteiger partial charge in [-0.05, 0) is 72.8 Å². The van der Waals surface area contributed by atoms with Gasteiger partial charge in [0.25, 0.3) is 0 Å². The third kappa shape index (κ3) is 5.16. The fourth-order valence-electron chi connectivity index (χ4n) is 2.99. The van der Waals surface area contributed by atoms with Gasteiger partial charge in [-0.2, -0.15) is 0 Å². The van der Waals surface area contributed by atoms with Crippen LogP contribution in [0.4, 0.5) is 0 Å². The third-order valence-electron chi connectivity index (χ3n) is 4.71. The van der Waals surface area contributed by atoms with Gasteiger partial charge in [-0.3, -0.25) is 0 Å². The Balaban J connectivity index is 1.45. The first kappa shape index (κ1) is 22.0. The van der Waals surface area contributed by atoms with Crippen molar-refractivity contribution in [3.8, 4) is 11.5 Å². The molecule has 4 rings (SSSR count). The van der Waals surface area contributed by atoms with Crippen molar-refractivity contribution in [1.82, 2.24) is 0 Å². The van der Waals surface area contributed by atoms with E-state index >= 15 is 0 Å². The molecule has 0 aliphatic rings. The Hall–Kier alpha value is -4.23. The van der Waals surface area contributed by atoms with E-state index in [0.29, 0.717) is 11.1 Å². The first-order chi connectivity index (χ1) is 15.9. The highest BCUT2D eigenvalue weighted by Crippen LogP contribution is 2.25. The summed E-state index contributed by atoms with van der Waals surface area (Å²) in [7, 11) is -3.81. The average molecular weight is 458 g/mol. The normalized spacial score (nSPS) is 10.9. The van der Waals surface area contributed by atoms with Crippen LogP contribution in [-0.2, 0) is 9.84 Å². The molecular weight excluding hydrogens is 440 g/mol. The molecule has 0 amide bonds. The monoisotopic (exact) mass is 458 g/mol. The minimum atomic E-state index is -3.81. The van der Waals surface area contributed by atoms with Crippen molar-refractivity contribution < 1.29 is 27.5 Å². The first-order valence-corrected chi connectivity index (χ1v) is 11.4. The molecule has 0 unspecified atom stereocenters. The van der Waals surface area contributed by atoms with Crippen LogP contribution in [0.25, 0.3) is 0 Å². The van der Waals surface area contributed by atoms with Crippen LogP contribution in [0, 0.1) is 0 Å². The summed E-state index contributed by atoms with van der Waals surface area (Å²) < 4.78 is 36.4. The molecular formula is C26H18O6S. The van der Waals surface area contributed by atoms with Crippen LogP contribution in [0.1, 0.15) is 20.7 Å². The molecule has 0 aromatic heterocycles. The van der Waals surface area contributed by atoms with Gasteiger partial charge >= 0.3 is 11.9 Å². The molecule has 0 fully saturated rings. The van der Waals surface area contributed by atoms with E-state index in [1.165, 1.54) is 48.5 Å². The van der Waals surface area contributed by atoms with Crippen LogP contribution in [0.15, 0.2) is 119 Å². The van der Waals surface area contributed by atoms with Crippen LogP contribution in [-0.4, -0.2) is 20.4 Å². The zero-order valence-corrected chi connectivity index (χ0v) is 18.1. The number of rotatable bonds is 6. The van der Waals surface area contributed by atoms with Gasteiger partial charge in [0, 0.05) is 0 Å². The number of ether oxygens (including phenoxy) is 2. The van der Waals surface area contributed by atoms with Crippen LogP contribution < -0.4 is 9.47 Å². The molecule has 0 bridgehead atoms. The van der Waals surface area contributed by atoms with E-state index < -0.39 is 21.8 Å². The summed E-state index contributed by atoms with van der Waals surface area (Å²) >= 11 is 0. The fourth-order valence-corrected chi connectivity index (χ4v) is 4.25. The molecule has 33 heavy (non-hydrogen) atoms. The molecule has 6 nitrogen and oxygen atoms in total. The standard InChI is InChI=1S/C26H18O6S/c27-25(19-7-3-1-4-8-19)31-21-11-15-23(16-12-21)33(29,30)24-17-13-22(14-18-24)32-26(28)20-9-5-2-6-10-20/h1-18H. The maximum Gasteiger partial charge on any atom is 0.343 e. The highest BCUT2D eigenvalue weighted by atomic mass is 32.2. The Morgan fingerprint density at radius 3 is 1.15 bits per heavy atom. The van der Waals surface area contributed by atoms with E-state index in [0.717, 1.165) is 0 Å². The van der Waals surface area contributed by atoms with Gasteiger partial charge in [0.1, 0.15) is 11.5 Å². The molecule has 0 aliphatic carbocycles. The third-order valence-corrected chi connectivity index (χ3v) is 6.49. The number of carbonyl (C=O) groups excluding carboxylic acids is 2. The highest BCUT2D eigenvalue weighted by molar-refractivity contribution is 7.91. The first-order valence-electron chi connectivity index (χ1n) is 9.93. The van der Waals surface area contributed by atoms with Gasteiger partial charge in [-0.25, -0.2) is 18.0 Å². The van der Waals surface area contributed by atoms with Crippen LogP contribution in [0.5, 0.6) is 11.5 Å². The molecule has 0 saturated heterocycles. The fraction of sp³-hybridized carbons (Fsp3) is 0. The predicted octanol–water partition coefficient (Wildman–Crippen LogP) is 4.96. The summed E-state index contributed by atoms with van der Waals surface area (Å²) in [5, 5.41) is 0. The lowest BCUT2D eigenvalue weighted by Gasteiger charge is -2.08. The maximum absolute atomic E-state index is 12.9. The second-order valence-electron chi connectivity index (χ2n) is 6.96.